The average molecular weight is 362 g/mol. The minimum atomic E-state index is -4.43. The van der Waals surface area contributed by atoms with Gasteiger partial charge in [-0.25, -0.2) is 0 Å². The van der Waals surface area contributed by atoms with Gasteiger partial charge in [0, 0.05) is 29.9 Å². The molecule has 1 aliphatic rings. The molecule has 1 fully saturated rings. The van der Waals surface area contributed by atoms with Gasteiger partial charge in [-0.2, -0.15) is 13.2 Å². The molecule has 3 rings (SSSR count). The van der Waals surface area contributed by atoms with E-state index in [2.05, 4.69) is 5.32 Å². The molecule has 1 N–H and O–H groups in total. The van der Waals surface area contributed by atoms with E-state index < -0.39 is 17.6 Å². The summed E-state index contributed by atoms with van der Waals surface area (Å²) in [4.78, 5) is 25.8. The van der Waals surface area contributed by atoms with Crippen LogP contribution >= 0.6 is 0 Å². The Morgan fingerprint density at radius 1 is 0.962 bits per heavy atom. The van der Waals surface area contributed by atoms with Crippen LogP contribution in [-0.2, 0) is 11.0 Å². The van der Waals surface area contributed by atoms with Crippen LogP contribution in [0.4, 0.5) is 24.5 Å². The summed E-state index contributed by atoms with van der Waals surface area (Å²) in [6.45, 7) is 0.677. The second-order valence-corrected chi connectivity index (χ2v) is 6.08. The van der Waals surface area contributed by atoms with E-state index >= 15 is 0 Å². The summed E-state index contributed by atoms with van der Waals surface area (Å²) in [6, 6.07) is 10.8. The van der Waals surface area contributed by atoms with Crippen molar-refractivity contribution in [2.75, 3.05) is 16.8 Å². The van der Waals surface area contributed by atoms with Crippen molar-refractivity contribution in [2.24, 2.45) is 0 Å². The fourth-order valence-corrected chi connectivity index (χ4v) is 2.82. The summed E-state index contributed by atoms with van der Waals surface area (Å²) >= 11 is 0. The van der Waals surface area contributed by atoms with E-state index in [4.69, 9.17) is 0 Å². The van der Waals surface area contributed by atoms with Crippen LogP contribution in [0.2, 0.25) is 0 Å². The van der Waals surface area contributed by atoms with Gasteiger partial charge in [-0.05, 0) is 61.4 Å². The number of halogens is 3. The van der Waals surface area contributed by atoms with Gasteiger partial charge < -0.3 is 10.2 Å². The Bertz CT molecular complexity index is 799. The smallest absolute Gasteiger partial charge is 0.322 e. The van der Waals surface area contributed by atoms with Gasteiger partial charge >= 0.3 is 6.18 Å². The lowest BCUT2D eigenvalue weighted by Crippen LogP contribution is -2.35. The number of carbonyl (C=O) groups excluding carboxylic acids is 2. The number of nitrogens with one attached hydrogen (secondary N) is 1. The van der Waals surface area contributed by atoms with Crippen LogP contribution in [-0.4, -0.2) is 18.4 Å². The summed E-state index contributed by atoms with van der Waals surface area (Å²) in [5, 5.41) is 2.63. The SMILES string of the molecule is O=C(Nc1ccc(N2CCCCC2=O)cc1)c1ccc(C(F)(F)F)cc1. The molecule has 0 aromatic heterocycles. The molecular weight excluding hydrogens is 345 g/mol. The third-order valence-electron chi connectivity index (χ3n) is 4.23. The van der Waals surface area contributed by atoms with Gasteiger partial charge in [0.05, 0.1) is 5.56 Å². The lowest BCUT2D eigenvalue weighted by Gasteiger charge is -2.26. The Hall–Kier alpha value is -2.83. The highest BCUT2D eigenvalue weighted by molar-refractivity contribution is 6.04. The number of rotatable bonds is 3. The zero-order valence-corrected chi connectivity index (χ0v) is 13.8. The number of piperidine rings is 1. The van der Waals surface area contributed by atoms with Gasteiger partial charge in [0.2, 0.25) is 5.91 Å². The van der Waals surface area contributed by atoms with Crippen LogP contribution in [0.25, 0.3) is 0 Å². The second-order valence-electron chi connectivity index (χ2n) is 6.08. The number of benzene rings is 2. The predicted molar refractivity (Wildman–Crippen MR) is 92.0 cm³/mol. The summed E-state index contributed by atoms with van der Waals surface area (Å²) in [5.74, 6) is -0.418. The minimum absolute atomic E-state index is 0.0813. The topological polar surface area (TPSA) is 49.4 Å². The Morgan fingerprint density at radius 2 is 1.62 bits per heavy atom. The van der Waals surface area contributed by atoms with Crippen molar-refractivity contribution in [1.82, 2.24) is 0 Å². The van der Waals surface area contributed by atoms with Crippen molar-refractivity contribution in [3.05, 3.63) is 59.7 Å². The Labute approximate surface area is 148 Å². The Morgan fingerprint density at radius 3 is 2.19 bits per heavy atom. The van der Waals surface area contributed by atoms with Crippen molar-refractivity contribution in [3.8, 4) is 0 Å². The standard InChI is InChI=1S/C19H17F3N2O2/c20-19(21,22)14-6-4-13(5-7-14)18(26)23-15-8-10-16(11-9-15)24-12-2-1-3-17(24)25/h4-11H,1-3,12H2,(H,23,26). The van der Waals surface area contributed by atoms with Crippen LogP contribution < -0.4 is 10.2 Å². The van der Waals surface area contributed by atoms with Gasteiger partial charge in [0.15, 0.2) is 0 Å². The number of carbonyl (C=O) groups is 2. The fraction of sp³-hybridized carbons (Fsp3) is 0.263. The second kappa shape index (κ2) is 7.19. The number of anilines is 2. The summed E-state index contributed by atoms with van der Waals surface area (Å²) in [7, 11) is 0. The fourth-order valence-electron chi connectivity index (χ4n) is 2.82. The first-order valence-corrected chi connectivity index (χ1v) is 8.23. The number of nitrogens with zero attached hydrogens (tertiary/aromatic N) is 1. The van der Waals surface area contributed by atoms with Crippen LogP contribution in [0.5, 0.6) is 0 Å². The molecule has 2 aromatic carbocycles. The van der Waals surface area contributed by atoms with E-state index in [0.29, 0.717) is 18.7 Å². The molecule has 0 atom stereocenters. The van der Waals surface area contributed by atoms with Crippen LogP contribution in [0.15, 0.2) is 48.5 Å². The van der Waals surface area contributed by atoms with Crippen LogP contribution in [0.1, 0.15) is 35.2 Å². The maximum Gasteiger partial charge on any atom is 0.416 e. The highest BCUT2D eigenvalue weighted by Crippen LogP contribution is 2.29. The lowest BCUT2D eigenvalue weighted by molar-refractivity contribution is -0.137. The predicted octanol–water partition coefficient (Wildman–Crippen LogP) is 4.47. The highest BCUT2D eigenvalue weighted by atomic mass is 19.4. The third-order valence-corrected chi connectivity index (χ3v) is 4.23. The zero-order valence-electron chi connectivity index (χ0n) is 13.8. The summed E-state index contributed by atoms with van der Waals surface area (Å²) < 4.78 is 37.7. The Kier molecular flexibility index (Phi) is 4.97. The molecule has 0 radical (unpaired) electrons. The van der Waals surface area contributed by atoms with Crippen molar-refractivity contribution in [2.45, 2.75) is 25.4 Å². The molecule has 2 amide bonds. The van der Waals surface area contributed by atoms with E-state index in [1.807, 2.05) is 0 Å². The normalized spacial score (nSPS) is 15.0. The molecule has 4 nitrogen and oxygen atoms in total. The van der Waals surface area contributed by atoms with Gasteiger partial charge in [-0.15, -0.1) is 0 Å². The maximum absolute atomic E-state index is 12.6. The molecule has 26 heavy (non-hydrogen) atoms. The summed E-state index contributed by atoms with van der Waals surface area (Å²) in [6.07, 6.45) is -2.04. The molecule has 0 bridgehead atoms. The molecule has 0 aliphatic carbocycles. The maximum atomic E-state index is 12.6. The van der Waals surface area contributed by atoms with Gasteiger partial charge in [-0.3, -0.25) is 9.59 Å². The van der Waals surface area contributed by atoms with E-state index in [0.717, 1.165) is 42.8 Å². The van der Waals surface area contributed by atoms with E-state index in [9.17, 15) is 22.8 Å². The zero-order chi connectivity index (χ0) is 18.7. The average Bonchev–Trinajstić information content (AvgIpc) is 2.62. The van der Waals surface area contributed by atoms with Crippen LogP contribution in [0.3, 0.4) is 0 Å². The Balaban J connectivity index is 1.67. The highest BCUT2D eigenvalue weighted by Gasteiger charge is 2.30. The van der Waals surface area contributed by atoms with Crippen molar-refractivity contribution in [3.63, 3.8) is 0 Å². The molecule has 1 heterocycles. The van der Waals surface area contributed by atoms with E-state index in [1.165, 1.54) is 0 Å². The van der Waals surface area contributed by atoms with Crippen molar-refractivity contribution in [1.29, 1.82) is 0 Å². The van der Waals surface area contributed by atoms with Gasteiger partial charge in [0.1, 0.15) is 0 Å². The number of amides is 2. The van der Waals surface area contributed by atoms with Gasteiger partial charge in [-0.1, -0.05) is 0 Å². The largest absolute Gasteiger partial charge is 0.416 e. The molecule has 136 valence electrons. The van der Waals surface area contributed by atoms with Crippen LogP contribution in [0, 0.1) is 0 Å². The summed E-state index contributed by atoms with van der Waals surface area (Å²) in [5.41, 5.74) is 0.600. The van der Waals surface area contributed by atoms with E-state index in [1.54, 1.807) is 29.2 Å². The monoisotopic (exact) mass is 362 g/mol. The number of hydrogen-bond acceptors (Lipinski definition) is 2. The number of alkyl halides is 3. The molecular formula is C19H17F3N2O2. The first-order chi connectivity index (χ1) is 12.3. The molecule has 0 unspecified atom stereocenters. The quantitative estimate of drug-likeness (QED) is 0.876. The number of hydrogen-bond donors (Lipinski definition) is 1. The first-order valence-electron chi connectivity index (χ1n) is 8.23. The molecule has 0 spiro atoms. The van der Waals surface area contributed by atoms with Crippen molar-refractivity contribution < 1.29 is 22.8 Å². The van der Waals surface area contributed by atoms with Crippen molar-refractivity contribution >= 4 is 23.2 Å². The minimum Gasteiger partial charge on any atom is -0.322 e. The van der Waals surface area contributed by atoms with E-state index in [-0.39, 0.29) is 11.5 Å². The first kappa shape index (κ1) is 18.0. The molecule has 2 aromatic rings. The lowest BCUT2D eigenvalue weighted by atomic mass is 10.1. The third kappa shape index (κ3) is 4.04. The molecule has 0 saturated carbocycles. The molecule has 1 aliphatic heterocycles. The van der Waals surface area contributed by atoms with Gasteiger partial charge in [0.25, 0.3) is 5.91 Å². The molecule has 1 saturated heterocycles. The molecule has 7 heteroatoms.